The summed E-state index contributed by atoms with van der Waals surface area (Å²) in [6.07, 6.45) is 10.2. The first kappa shape index (κ1) is 28.9. The molecule has 0 saturated carbocycles. The first-order valence-corrected chi connectivity index (χ1v) is 15.8. The van der Waals surface area contributed by atoms with Crippen LogP contribution in [0.5, 0.6) is 0 Å². The average Bonchev–Trinajstić information content (AvgIpc) is 3.65. The van der Waals surface area contributed by atoms with Gasteiger partial charge in [0, 0.05) is 28.1 Å². The van der Waals surface area contributed by atoms with E-state index in [1.54, 1.807) is 61.2 Å². The second-order valence-electron chi connectivity index (χ2n) is 10.3. The number of rotatable bonds is 2. The third-order valence-corrected chi connectivity index (χ3v) is 7.74. The summed E-state index contributed by atoms with van der Waals surface area (Å²) in [6, 6.07) is 17.7. The molecule has 0 amide bonds. The Bertz CT molecular complexity index is 1840. The van der Waals surface area contributed by atoms with E-state index >= 15 is 0 Å². The number of pyridine rings is 2. The van der Waals surface area contributed by atoms with E-state index in [1.165, 1.54) is 30.3 Å². The Morgan fingerprint density at radius 1 is 0.780 bits per heavy atom. The van der Waals surface area contributed by atoms with Crippen LogP contribution in [-0.4, -0.2) is 46.6 Å². The molecule has 3 aromatic carbocycles. The van der Waals surface area contributed by atoms with Gasteiger partial charge < -0.3 is 14.0 Å². The zero-order chi connectivity index (χ0) is 29.1. The van der Waals surface area contributed by atoms with Gasteiger partial charge in [-0.05, 0) is 88.4 Å². The summed E-state index contributed by atoms with van der Waals surface area (Å²) in [4.78, 5) is 39.6. The van der Waals surface area contributed by atoms with Crippen LogP contribution in [0.15, 0.2) is 70.3 Å². The van der Waals surface area contributed by atoms with E-state index in [4.69, 9.17) is 9.47 Å². The summed E-state index contributed by atoms with van der Waals surface area (Å²) in [6.45, 7) is 4.55. The molecule has 0 aliphatic carbocycles. The Kier molecular flexibility index (Phi) is 8.80. The molecule has 5 aromatic rings. The van der Waals surface area contributed by atoms with Crippen molar-refractivity contribution in [2.75, 3.05) is 19.1 Å². The monoisotopic (exact) mass is 572 g/mol. The van der Waals surface area contributed by atoms with Gasteiger partial charge in [-0.15, -0.1) is 0 Å². The van der Waals surface area contributed by atoms with Crippen molar-refractivity contribution >= 4 is 61.5 Å². The molecule has 2 aliphatic heterocycles. The maximum absolute atomic E-state index is 13.4. The fraction of sp³-hybridized carbons (Fsp3) is 0.364. The molecular weight excluding hydrogens is 536 g/mol. The molecule has 0 N–H and O–H groups in total. The van der Waals surface area contributed by atoms with Crippen molar-refractivity contribution in [1.82, 2.24) is 9.13 Å². The maximum atomic E-state index is 13.4. The van der Waals surface area contributed by atoms with Crippen LogP contribution in [0, 0.1) is 0 Å². The number of benzene rings is 3. The van der Waals surface area contributed by atoms with Gasteiger partial charge in [0.1, 0.15) is 0 Å². The maximum Gasteiger partial charge on any atom is 0.418 e. The van der Waals surface area contributed by atoms with Gasteiger partial charge in [-0.25, -0.2) is 9.36 Å². The minimum atomic E-state index is -0.584. The molecule has 7 rings (SSSR count). The van der Waals surface area contributed by atoms with E-state index in [1.807, 2.05) is 42.2 Å². The highest BCUT2D eigenvalue weighted by Gasteiger charge is 2.31. The quantitative estimate of drug-likeness (QED) is 0.213. The van der Waals surface area contributed by atoms with E-state index in [2.05, 4.69) is 0 Å². The lowest BCUT2D eigenvalue weighted by Gasteiger charge is -2.17. The lowest BCUT2D eigenvalue weighted by Crippen LogP contribution is -2.20. The Morgan fingerprint density at radius 3 is 1.78 bits per heavy atom. The van der Waals surface area contributed by atoms with Crippen LogP contribution in [-0.2, 0) is 16.0 Å². The number of aryl methyl sites for hydroxylation is 1. The predicted octanol–water partition coefficient (Wildman–Crippen LogP) is 6.95. The molecule has 4 heterocycles. The van der Waals surface area contributed by atoms with Gasteiger partial charge in [0.15, 0.2) is 10.9 Å². The Labute approximate surface area is 243 Å². The Hall–Kier alpha value is -3.62. The van der Waals surface area contributed by atoms with Gasteiger partial charge in [0.2, 0.25) is 0 Å². The zero-order valence-electron chi connectivity index (χ0n) is 24.0. The van der Waals surface area contributed by atoms with Crippen molar-refractivity contribution in [2.24, 2.45) is 0 Å². The number of aromatic nitrogens is 2. The number of ether oxygens (including phenoxy) is 2. The summed E-state index contributed by atoms with van der Waals surface area (Å²) < 4.78 is 14.2. The lowest BCUT2D eigenvalue weighted by atomic mass is 10.0. The van der Waals surface area contributed by atoms with Gasteiger partial charge in [0.05, 0.1) is 40.9 Å². The van der Waals surface area contributed by atoms with Crippen molar-refractivity contribution < 1.29 is 14.3 Å². The van der Waals surface area contributed by atoms with E-state index in [-0.39, 0.29) is 17.5 Å². The van der Waals surface area contributed by atoms with Gasteiger partial charge in [0.25, 0.3) is 0 Å². The van der Waals surface area contributed by atoms with Gasteiger partial charge >= 0.3 is 6.09 Å². The summed E-state index contributed by atoms with van der Waals surface area (Å²) in [5, 5.41) is 1.85. The normalized spacial score (nSPS) is 17.4. The number of fused-ring (bicyclic) bond motifs is 6. The van der Waals surface area contributed by atoms with Crippen LogP contribution in [0.3, 0.4) is 0 Å². The largest absolute Gasteiger partial charge is 0.449 e. The van der Waals surface area contributed by atoms with E-state index in [9.17, 15) is 14.4 Å². The molecule has 0 unspecified atom stereocenters. The van der Waals surface area contributed by atoms with Crippen LogP contribution in [0.25, 0.3) is 43.6 Å². The third kappa shape index (κ3) is 5.38. The van der Waals surface area contributed by atoms with Crippen LogP contribution < -0.4 is 10.9 Å². The van der Waals surface area contributed by atoms with Crippen LogP contribution in [0.4, 0.5) is 4.79 Å². The summed E-state index contributed by atoms with van der Waals surface area (Å²) in [7, 11) is 0. The van der Waals surface area contributed by atoms with Crippen LogP contribution in [0.1, 0.15) is 39.5 Å². The number of thioether (sulfide) groups is 1. The van der Waals surface area contributed by atoms with Crippen LogP contribution >= 0.6 is 11.8 Å². The van der Waals surface area contributed by atoms with Crippen molar-refractivity contribution in [3.8, 4) is 0 Å². The topological polar surface area (TPSA) is 79.5 Å². The summed E-state index contributed by atoms with van der Waals surface area (Å²) in [5.41, 5.74) is 1.98. The van der Waals surface area contributed by atoms with Gasteiger partial charge in [-0.3, -0.25) is 9.59 Å². The molecule has 0 radical (unpaired) electrons. The Morgan fingerprint density at radius 2 is 1.27 bits per heavy atom. The fourth-order valence-electron chi connectivity index (χ4n) is 5.96. The number of nitrogens with zero attached hydrogens (tertiary/aromatic N) is 2. The number of hydrogen-bond donors (Lipinski definition) is 0. The van der Waals surface area contributed by atoms with Crippen LogP contribution in [0.2, 0.25) is 0 Å². The van der Waals surface area contributed by atoms with Gasteiger partial charge in [-0.2, -0.15) is 11.8 Å². The molecule has 2 aliphatic rings. The third-order valence-electron chi connectivity index (χ3n) is 7.74. The second kappa shape index (κ2) is 12.5. The first-order chi connectivity index (χ1) is 19.9. The highest BCUT2D eigenvalue weighted by Crippen LogP contribution is 2.33. The van der Waals surface area contributed by atoms with Crippen molar-refractivity contribution in [2.45, 2.75) is 58.3 Å². The summed E-state index contributed by atoms with van der Waals surface area (Å²) in [5.74, 6) is 0. The molecule has 8 heteroatoms. The van der Waals surface area contributed by atoms with Crippen molar-refractivity contribution in [3.63, 3.8) is 0 Å². The standard InChI is InChI=1S/C25H20N2O4.C6H10O.C2H6S/c1-3-26-19-11-7-5-9-15(19)23(28)17-14-22-18(13-21(17)26)24(29)16-10-6-8-12-20(16)27(22)25(30)31-4-2;1-2-6-4-3-5(1)7-6;1-3-2/h5-14H,3-4H2,1-2H3;5-6H,1-4H2;1-2H3. The first-order valence-electron chi connectivity index (χ1n) is 14.2. The number of hydrogen-bond acceptors (Lipinski definition) is 6. The minimum absolute atomic E-state index is 0.131. The zero-order valence-corrected chi connectivity index (χ0v) is 24.8. The second-order valence-corrected chi connectivity index (χ2v) is 11.1. The van der Waals surface area contributed by atoms with E-state index in [0.29, 0.717) is 56.8 Å². The molecule has 2 saturated heterocycles. The lowest BCUT2D eigenvalue weighted by molar-refractivity contribution is 0.105. The smallest absolute Gasteiger partial charge is 0.418 e. The molecule has 2 bridgehead atoms. The fourth-order valence-corrected chi connectivity index (χ4v) is 5.96. The average molecular weight is 573 g/mol. The Balaban J connectivity index is 0.000000284. The summed E-state index contributed by atoms with van der Waals surface area (Å²) >= 11 is 1.75. The molecular formula is C33H36N2O5S. The number of para-hydroxylation sites is 2. The molecule has 0 spiro atoms. The van der Waals surface area contributed by atoms with Crippen molar-refractivity contribution in [3.05, 3.63) is 81.1 Å². The van der Waals surface area contributed by atoms with Gasteiger partial charge in [-0.1, -0.05) is 24.3 Å². The predicted molar refractivity (Wildman–Crippen MR) is 170 cm³/mol. The minimum Gasteiger partial charge on any atom is -0.449 e. The van der Waals surface area contributed by atoms with Crippen molar-refractivity contribution in [1.29, 1.82) is 0 Å². The van der Waals surface area contributed by atoms with E-state index in [0.717, 1.165) is 5.52 Å². The number of carbonyl (C=O) groups excluding carboxylic acids is 1. The molecule has 2 fully saturated rings. The molecule has 7 nitrogen and oxygen atoms in total. The molecule has 0 atom stereocenters. The highest BCUT2D eigenvalue weighted by atomic mass is 32.2. The number of carbonyl (C=O) groups is 1. The molecule has 2 aromatic heterocycles. The molecule has 214 valence electrons. The SMILES string of the molecule is C1CC2CCC1O2.CCOC(=O)n1c2ccccc2c(=O)c2cc3c(cc21)c(=O)c1ccccc1n3CC.CSC. The van der Waals surface area contributed by atoms with E-state index < -0.39 is 6.09 Å². The molecule has 41 heavy (non-hydrogen) atoms. The highest BCUT2D eigenvalue weighted by molar-refractivity contribution is 7.97.